The lowest BCUT2D eigenvalue weighted by molar-refractivity contribution is 0.0251. The molecule has 1 aliphatic heterocycles. The highest BCUT2D eigenvalue weighted by molar-refractivity contribution is 6.48. The molecule has 2 unspecified atom stereocenters. The van der Waals surface area contributed by atoms with Gasteiger partial charge in [0.05, 0.1) is 16.8 Å². The third-order valence-corrected chi connectivity index (χ3v) is 5.81. The Morgan fingerprint density at radius 3 is 2.37 bits per heavy atom. The molecule has 2 atom stereocenters. The van der Waals surface area contributed by atoms with Crippen LogP contribution in [0.1, 0.15) is 65.8 Å². The van der Waals surface area contributed by atoms with Crippen LogP contribution in [0.3, 0.4) is 0 Å². The van der Waals surface area contributed by atoms with Gasteiger partial charge >= 0.3 is 6.09 Å². The van der Waals surface area contributed by atoms with E-state index in [1.54, 1.807) is 4.90 Å². The van der Waals surface area contributed by atoms with Crippen LogP contribution in [0.2, 0.25) is 18.1 Å². The number of carbonyl (C=O) groups excluding carboxylic acids is 1. The third-order valence-electron chi connectivity index (χ3n) is 4.80. The second-order valence-electron chi connectivity index (χ2n) is 10.3. The first-order valence-electron chi connectivity index (χ1n) is 10.5. The van der Waals surface area contributed by atoms with Crippen molar-refractivity contribution >= 4 is 32.3 Å². The number of rotatable bonds is 4. The molecule has 1 amide bonds. The van der Waals surface area contributed by atoms with Crippen molar-refractivity contribution in [3.05, 3.63) is 34.6 Å². The maximum Gasteiger partial charge on any atom is 0.410 e. The lowest BCUT2D eigenvalue weighted by Gasteiger charge is -2.34. The Morgan fingerprint density at radius 1 is 1.27 bits per heavy atom. The molecule has 1 aromatic rings. The molecule has 0 saturated heterocycles. The van der Waals surface area contributed by atoms with Gasteiger partial charge in [-0.2, -0.15) is 0 Å². The number of ether oxygens (including phenoxy) is 1. The van der Waals surface area contributed by atoms with E-state index in [0.717, 1.165) is 16.8 Å². The van der Waals surface area contributed by atoms with Gasteiger partial charge in [-0.25, -0.2) is 4.79 Å². The van der Waals surface area contributed by atoms with Gasteiger partial charge in [0.1, 0.15) is 5.60 Å². The minimum atomic E-state index is -0.904. The fourth-order valence-corrected chi connectivity index (χ4v) is 4.67. The number of hydrogen-bond donors (Lipinski definition) is 0. The summed E-state index contributed by atoms with van der Waals surface area (Å²) in [7, 11) is -0.904. The molecule has 0 saturated carbocycles. The molecular weight excluding hydrogens is 416 g/mol. The van der Waals surface area contributed by atoms with Crippen molar-refractivity contribution < 1.29 is 14.0 Å². The molecule has 0 bridgehead atoms. The molecule has 1 radical (unpaired) electrons. The van der Waals surface area contributed by atoms with E-state index in [-0.39, 0.29) is 23.5 Å². The van der Waals surface area contributed by atoms with Gasteiger partial charge in [-0.05, 0) is 62.4 Å². The first-order chi connectivity index (χ1) is 13.7. The van der Waals surface area contributed by atoms with E-state index in [0.29, 0.717) is 18.1 Å². The molecule has 0 aliphatic carbocycles. The van der Waals surface area contributed by atoms with Crippen LogP contribution in [0.15, 0.2) is 18.3 Å². The zero-order chi connectivity index (χ0) is 22.9. The SMILES string of the molecule is CC1CN(C(=O)OC(C)(C)C)CC=C1c1cnc(C(O[Si](C)C)C(C)(C)C)c(Cl)c1. The number of carbonyl (C=O) groups is 1. The standard InChI is InChI=1S/C23H36ClN2O3Si/c1-15-14-26(21(27)28-23(5,6)7)11-10-17(15)16-12-18(24)19(25-13-16)20(22(2,3)4)29-30(8)9/h10,12-13,15,20H,11,14H2,1-9H3. The number of pyridine rings is 1. The fraction of sp³-hybridized carbons (Fsp3) is 0.652. The Hall–Kier alpha value is -1.37. The first kappa shape index (κ1) is 24.9. The summed E-state index contributed by atoms with van der Waals surface area (Å²) in [5.74, 6) is 0.158. The van der Waals surface area contributed by atoms with Gasteiger partial charge in [-0.3, -0.25) is 4.98 Å². The van der Waals surface area contributed by atoms with Crippen LogP contribution in [-0.2, 0) is 9.16 Å². The molecule has 1 aromatic heterocycles. The number of hydrogen-bond acceptors (Lipinski definition) is 4. The van der Waals surface area contributed by atoms with Gasteiger partial charge in [-0.15, -0.1) is 0 Å². The van der Waals surface area contributed by atoms with Crippen molar-refractivity contribution in [2.75, 3.05) is 13.1 Å². The molecule has 2 rings (SSSR count). The molecule has 1 aliphatic rings. The van der Waals surface area contributed by atoms with Gasteiger partial charge in [-0.1, -0.05) is 45.4 Å². The van der Waals surface area contributed by atoms with Gasteiger partial charge in [0.2, 0.25) is 9.04 Å². The van der Waals surface area contributed by atoms with E-state index < -0.39 is 14.6 Å². The summed E-state index contributed by atoms with van der Waals surface area (Å²) in [4.78, 5) is 18.8. The van der Waals surface area contributed by atoms with Gasteiger partial charge < -0.3 is 14.1 Å². The van der Waals surface area contributed by atoms with Crippen molar-refractivity contribution in [2.45, 2.75) is 73.3 Å². The van der Waals surface area contributed by atoms with Crippen LogP contribution in [0.4, 0.5) is 4.79 Å². The Bertz CT molecular complexity index is 797. The van der Waals surface area contributed by atoms with E-state index in [9.17, 15) is 4.79 Å². The highest BCUT2D eigenvalue weighted by Gasteiger charge is 2.32. The van der Waals surface area contributed by atoms with E-state index in [1.807, 2.05) is 33.0 Å². The van der Waals surface area contributed by atoms with E-state index in [1.165, 1.54) is 0 Å². The molecule has 30 heavy (non-hydrogen) atoms. The van der Waals surface area contributed by atoms with E-state index in [4.69, 9.17) is 25.7 Å². The van der Waals surface area contributed by atoms with Crippen molar-refractivity contribution in [1.29, 1.82) is 0 Å². The summed E-state index contributed by atoms with van der Waals surface area (Å²) < 4.78 is 11.8. The van der Waals surface area contributed by atoms with Gasteiger partial charge in [0.25, 0.3) is 0 Å². The summed E-state index contributed by atoms with van der Waals surface area (Å²) in [6.45, 7) is 19.5. The summed E-state index contributed by atoms with van der Waals surface area (Å²) in [6, 6.07) is 1.98. The Morgan fingerprint density at radius 2 is 1.90 bits per heavy atom. The summed E-state index contributed by atoms with van der Waals surface area (Å²) >= 11 is 6.69. The topological polar surface area (TPSA) is 51.7 Å². The van der Waals surface area contributed by atoms with Crippen LogP contribution in [0.25, 0.3) is 5.57 Å². The molecular formula is C23H36ClN2O3Si. The lowest BCUT2D eigenvalue weighted by atomic mass is 9.86. The molecule has 5 nitrogen and oxygen atoms in total. The number of amides is 1. The normalized spacial score (nSPS) is 19.0. The van der Waals surface area contributed by atoms with Crippen LogP contribution >= 0.6 is 11.6 Å². The monoisotopic (exact) mass is 451 g/mol. The average Bonchev–Trinajstić information content (AvgIpc) is 2.57. The maximum absolute atomic E-state index is 12.4. The Kier molecular flexibility index (Phi) is 7.81. The van der Waals surface area contributed by atoms with Gasteiger partial charge in [0.15, 0.2) is 0 Å². The Labute approximate surface area is 188 Å². The van der Waals surface area contributed by atoms with Crippen molar-refractivity contribution in [3.63, 3.8) is 0 Å². The molecule has 167 valence electrons. The lowest BCUT2D eigenvalue weighted by Crippen LogP contribution is -2.41. The molecule has 0 spiro atoms. The van der Waals surface area contributed by atoms with E-state index >= 15 is 0 Å². The predicted molar refractivity (Wildman–Crippen MR) is 125 cm³/mol. The first-order valence-corrected chi connectivity index (χ1v) is 13.3. The molecule has 0 aromatic carbocycles. The average molecular weight is 452 g/mol. The second kappa shape index (κ2) is 9.41. The summed E-state index contributed by atoms with van der Waals surface area (Å²) in [5.41, 5.74) is 2.33. The van der Waals surface area contributed by atoms with Crippen molar-refractivity contribution in [3.8, 4) is 0 Å². The fourth-order valence-electron chi connectivity index (χ4n) is 3.47. The predicted octanol–water partition coefficient (Wildman–Crippen LogP) is 6.36. The zero-order valence-electron chi connectivity index (χ0n) is 19.8. The van der Waals surface area contributed by atoms with Crippen LogP contribution in [0.5, 0.6) is 0 Å². The Balaban J connectivity index is 2.25. The van der Waals surface area contributed by atoms with Gasteiger partial charge in [0, 0.05) is 19.3 Å². The second-order valence-corrected chi connectivity index (χ2v) is 12.8. The highest BCUT2D eigenvalue weighted by atomic mass is 35.5. The smallest absolute Gasteiger partial charge is 0.410 e. The van der Waals surface area contributed by atoms with Crippen LogP contribution < -0.4 is 0 Å². The number of halogens is 1. The minimum Gasteiger partial charge on any atom is -0.444 e. The van der Waals surface area contributed by atoms with Crippen molar-refractivity contribution in [2.24, 2.45) is 11.3 Å². The van der Waals surface area contributed by atoms with E-state index in [2.05, 4.69) is 46.9 Å². The molecule has 7 heteroatoms. The maximum atomic E-state index is 12.4. The van der Waals surface area contributed by atoms with Crippen molar-refractivity contribution in [1.82, 2.24) is 9.88 Å². The molecule has 0 fully saturated rings. The quantitative estimate of drug-likeness (QED) is 0.499. The minimum absolute atomic E-state index is 0.106. The summed E-state index contributed by atoms with van der Waals surface area (Å²) in [6.07, 6.45) is 3.52. The zero-order valence-corrected chi connectivity index (χ0v) is 21.6. The van der Waals surface area contributed by atoms with Crippen LogP contribution in [-0.4, -0.2) is 43.7 Å². The largest absolute Gasteiger partial charge is 0.444 e. The molecule has 2 heterocycles. The third kappa shape index (κ3) is 6.56. The highest BCUT2D eigenvalue weighted by Crippen LogP contribution is 2.40. The molecule has 0 N–H and O–H groups in total. The van der Waals surface area contributed by atoms with Crippen LogP contribution in [0, 0.1) is 11.3 Å². The number of aromatic nitrogens is 1. The number of nitrogens with zero attached hydrogens (tertiary/aromatic N) is 2. The summed E-state index contributed by atoms with van der Waals surface area (Å²) in [5, 5.41) is 0.623.